The van der Waals surface area contributed by atoms with Gasteiger partial charge in [-0.15, -0.1) is 5.10 Å². The number of benzene rings is 1. The number of anilines is 1. The first kappa shape index (κ1) is 17.7. The van der Waals surface area contributed by atoms with Crippen LogP contribution in [0.2, 0.25) is 0 Å². The number of furan rings is 1. The third kappa shape index (κ3) is 3.33. The van der Waals surface area contributed by atoms with Crippen LogP contribution < -0.4 is 5.73 Å². The van der Waals surface area contributed by atoms with Gasteiger partial charge in [-0.1, -0.05) is 18.2 Å². The van der Waals surface area contributed by atoms with Crippen molar-refractivity contribution >= 4 is 11.9 Å². The van der Waals surface area contributed by atoms with E-state index >= 15 is 0 Å². The molecule has 0 aliphatic heterocycles. The number of hydrogen-bond acceptors (Lipinski definition) is 5. The van der Waals surface area contributed by atoms with Crippen LogP contribution in [-0.4, -0.2) is 38.1 Å². The lowest BCUT2D eigenvalue weighted by molar-refractivity contribution is 0.0644. The average Bonchev–Trinajstić information content (AvgIpc) is 3.23. The molecule has 26 heavy (non-hydrogen) atoms. The summed E-state index contributed by atoms with van der Waals surface area (Å²) in [7, 11) is 0. The molecular formula is C19H23N5O2. The van der Waals surface area contributed by atoms with Crippen LogP contribution >= 0.6 is 0 Å². The summed E-state index contributed by atoms with van der Waals surface area (Å²) in [5.41, 5.74) is 6.89. The van der Waals surface area contributed by atoms with Crippen molar-refractivity contribution in [2.24, 2.45) is 0 Å². The van der Waals surface area contributed by atoms with Crippen molar-refractivity contribution in [3.05, 3.63) is 42.0 Å². The number of hydrogen-bond donors (Lipinski definition) is 2. The molecule has 0 saturated carbocycles. The maximum Gasteiger partial charge on any atom is 0.255 e. The lowest BCUT2D eigenvalue weighted by Crippen LogP contribution is -2.42. The second-order valence-corrected chi connectivity index (χ2v) is 6.65. The quantitative estimate of drug-likeness (QED) is 0.730. The first-order chi connectivity index (χ1) is 12.4. The summed E-state index contributed by atoms with van der Waals surface area (Å²) in [6, 6.07) is 11.2. The van der Waals surface area contributed by atoms with Crippen LogP contribution in [0.25, 0.3) is 22.9 Å². The standard InChI is InChI=1S/C19H23N5O2/c1-11(2)24(12(3)4)18(25)14-8-6-5-7-13(14)15-9-10-16(26-15)17-21-19(20)23-22-17/h5-12H,1-4H3,(H3,20,21,22,23). The molecule has 3 rings (SSSR count). The minimum absolute atomic E-state index is 0.0209. The highest BCUT2D eigenvalue weighted by atomic mass is 16.3. The maximum absolute atomic E-state index is 13.1. The average molecular weight is 353 g/mol. The molecule has 3 aromatic rings. The zero-order chi connectivity index (χ0) is 18.8. The number of aromatic amines is 1. The fourth-order valence-corrected chi connectivity index (χ4v) is 3.08. The summed E-state index contributed by atoms with van der Waals surface area (Å²) in [5, 5.41) is 6.52. The fraction of sp³-hybridized carbons (Fsp3) is 0.316. The van der Waals surface area contributed by atoms with Gasteiger partial charge in [0.25, 0.3) is 5.91 Å². The lowest BCUT2D eigenvalue weighted by atomic mass is 10.0. The van der Waals surface area contributed by atoms with Crippen molar-refractivity contribution in [3.8, 4) is 22.9 Å². The SMILES string of the molecule is CC(C)N(C(=O)c1ccccc1-c1ccc(-c2nc(N)n[nH]2)o1)C(C)C. The number of H-pyrrole nitrogens is 1. The Kier molecular flexibility index (Phi) is 4.79. The highest BCUT2D eigenvalue weighted by Crippen LogP contribution is 2.30. The van der Waals surface area contributed by atoms with Crippen LogP contribution in [0.3, 0.4) is 0 Å². The number of amides is 1. The Morgan fingerprint density at radius 2 is 1.73 bits per heavy atom. The minimum atomic E-state index is -0.0209. The van der Waals surface area contributed by atoms with Crippen LogP contribution in [0.15, 0.2) is 40.8 Å². The lowest BCUT2D eigenvalue weighted by Gasteiger charge is -2.31. The van der Waals surface area contributed by atoms with Gasteiger partial charge in [0.2, 0.25) is 5.95 Å². The molecule has 0 fully saturated rings. The second kappa shape index (κ2) is 7.03. The monoisotopic (exact) mass is 353 g/mol. The van der Waals surface area contributed by atoms with Gasteiger partial charge in [-0.05, 0) is 45.9 Å². The number of nitrogens with two attached hydrogens (primary N) is 1. The van der Waals surface area contributed by atoms with Gasteiger partial charge < -0.3 is 15.1 Å². The van der Waals surface area contributed by atoms with E-state index in [4.69, 9.17) is 10.2 Å². The smallest absolute Gasteiger partial charge is 0.255 e. The zero-order valence-corrected chi connectivity index (χ0v) is 15.4. The number of nitrogens with zero attached hydrogens (tertiary/aromatic N) is 3. The van der Waals surface area contributed by atoms with Gasteiger partial charge in [0.05, 0.1) is 5.56 Å². The largest absolute Gasteiger partial charge is 0.453 e. The van der Waals surface area contributed by atoms with Crippen LogP contribution in [-0.2, 0) is 0 Å². The van der Waals surface area contributed by atoms with Crippen molar-refractivity contribution < 1.29 is 9.21 Å². The van der Waals surface area contributed by atoms with Gasteiger partial charge in [-0.25, -0.2) is 0 Å². The van der Waals surface area contributed by atoms with E-state index in [1.54, 1.807) is 6.07 Å². The Balaban J connectivity index is 2.00. The third-order valence-corrected chi connectivity index (χ3v) is 4.11. The fourth-order valence-electron chi connectivity index (χ4n) is 3.08. The molecule has 0 unspecified atom stereocenters. The topological polar surface area (TPSA) is 101 Å². The summed E-state index contributed by atoms with van der Waals surface area (Å²) < 4.78 is 5.90. The predicted octanol–water partition coefficient (Wildman–Crippen LogP) is 3.57. The van der Waals surface area contributed by atoms with Gasteiger partial charge in [-0.3, -0.25) is 9.89 Å². The minimum Gasteiger partial charge on any atom is -0.453 e. The molecule has 0 aliphatic rings. The molecule has 0 bridgehead atoms. The molecule has 2 heterocycles. The zero-order valence-electron chi connectivity index (χ0n) is 15.4. The Hall–Kier alpha value is -3.09. The van der Waals surface area contributed by atoms with E-state index in [-0.39, 0.29) is 23.9 Å². The van der Waals surface area contributed by atoms with Gasteiger partial charge in [0.1, 0.15) is 5.76 Å². The van der Waals surface area contributed by atoms with Gasteiger partial charge >= 0.3 is 0 Å². The van der Waals surface area contributed by atoms with Crippen LogP contribution in [0.1, 0.15) is 38.1 Å². The molecule has 1 amide bonds. The maximum atomic E-state index is 13.1. The molecule has 3 N–H and O–H groups in total. The van der Waals surface area contributed by atoms with E-state index in [1.807, 2.05) is 62.9 Å². The summed E-state index contributed by atoms with van der Waals surface area (Å²) in [5.74, 6) is 1.68. The van der Waals surface area contributed by atoms with E-state index in [9.17, 15) is 4.79 Å². The summed E-state index contributed by atoms with van der Waals surface area (Å²) in [4.78, 5) is 19.1. The van der Waals surface area contributed by atoms with Crippen LogP contribution in [0.5, 0.6) is 0 Å². The normalized spacial score (nSPS) is 11.3. The van der Waals surface area contributed by atoms with Crippen molar-refractivity contribution in [1.82, 2.24) is 20.1 Å². The van der Waals surface area contributed by atoms with Gasteiger partial charge in [0, 0.05) is 17.6 Å². The first-order valence-corrected chi connectivity index (χ1v) is 8.58. The van der Waals surface area contributed by atoms with Crippen LogP contribution in [0, 0.1) is 0 Å². The number of carbonyl (C=O) groups excluding carboxylic acids is 1. The first-order valence-electron chi connectivity index (χ1n) is 8.58. The van der Waals surface area contributed by atoms with Crippen molar-refractivity contribution in [2.45, 2.75) is 39.8 Å². The molecule has 136 valence electrons. The van der Waals surface area contributed by atoms with Crippen molar-refractivity contribution in [2.75, 3.05) is 5.73 Å². The second-order valence-electron chi connectivity index (χ2n) is 6.65. The molecular weight excluding hydrogens is 330 g/mol. The Labute approximate surface area is 152 Å². The number of carbonyl (C=O) groups is 1. The number of nitrogen functional groups attached to an aromatic ring is 1. The summed E-state index contributed by atoms with van der Waals surface area (Å²) in [6.07, 6.45) is 0. The van der Waals surface area contributed by atoms with E-state index < -0.39 is 0 Å². The van der Waals surface area contributed by atoms with Crippen molar-refractivity contribution in [1.29, 1.82) is 0 Å². The van der Waals surface area contributed by atoms with Gasteiger partial charge in [0.15, 0.2) is 11.6 Å². The highest BCUT2D eigenvalue weighted by molar-refractivity contribution is 6.00. The number of aromatic nitrogens is 3. The predicted molar refractivity (Wildman–Crippen MR) is 100 cm³/mol. The molecule has 0 radical (unpaired) electrons. The number of rotatable bonds is 5. The van der Waals surface area contributed by atoms with E-state index in [0.717, 1.165) is 5.56 Å². The van der Waals surface area contributed by atoms with E-state index in [0.29, 0.717) is 22.9 Å². The highest BCUT2D eigenvalue weighted by Gasteiger charge is 2.25. The third-order valence-electron chi connectivity index (χ3n) is 4.11. The molecule has 0 spiro atoms. The molecule has 0 saturated heterocycles. The van der Waals surface area contributed by atoms with E-state index in [2.05, 4.69) is 15.2 Å². The van der Waals surface area contributed by atoms with Gasteiger partial charge in [-0.2, -0.15) is 4.98 Å². The Morgan fingerprint density at radius 3 is 2.35 bits per heavy atom. The molecule has 7 nitrogen and oxygen atoms in total. The molecule has 7 heteroatoms. The molecule has 0 aliphatic carbocycles. The Morgan fingerprint density at radius 1 is 1.08 bits per heavy atom. The summed E-state index contributed by atoms with van der Waals surface area (Å²) in [6.45, 7) is 8.05. The van der Waals surface area contributed by atoms with E-state index in [1.165, 1.54) is 0 Å². The molecule has 0 atom stereocenters. The summed E-state index contributed by atoms with van der Waals surface area (Å²) >= 11 is 0. The molecule has 2 aromatic heterocycles. The Bertz CT molecular complexity index is 902. The number of nitrogens with one attached hydrogen (secondary N) is 1. The molecule has 1 aromatic carbocycles. The van der Waals surface area contributed by atoms with Crippen molar-refractivity contribution in [3.63, 3.8) is 0 Å². The van der Waals surface area contributed by atoms with Crippen LogP contribution in [0.4, 0.5) is 5.95 Å².